The first-order chi connectivity index (χ1) is 13.3. The van der Waals surface area contributed by atoms with Crippen molar-refractivity contribution in [1.82, 2.24) is 14.6 Å². The standard InChI is InChI=1S/C24H19N3/c1-2-17-6-5-8-21(16-17)18-10-12-20(13-11-18)23-25-26-24-22-9-4-3-7-19(22)14-15-27(23)24/h3-16H,2H2,1H3. The number of benzene rings is 3. The first-order valence-corrected chi connectivity index (χ1v) is 9.26. The van der Waals surface area contributed by atoms with Crippen molar-refractivity contribution < 1.29 is 0 Å². The Labute approximate surface area is 157 Å². The van der Waals surface area contributed by atoms with Crippen LogP contribution in [0.15, 0.2) is 85.1 Å². The number of fused-ring (bicyclic) bond motifs is 3. The Balaban J connectivity index is 1.58. The lowest BCUT2D eigenvalue weighted by Crippen LogP contribution is -1.90. The minimum Gasteiger partial charge on any atom is -0.282 e. The summed E-state index contributed by atoms with van der Waals surface area (Å²) in [5.74, 6) is 0.865. The molecule has 0 bridgehead atoms. The van der Waals surface area contributed by atoms with Crippen LogP contribution in [0.25, 0.3) is 38.9 Å². The van der Waals surface area contributed by atoms with E-state index in [0.717, 1.165) is 28.8 Å². The van der Waals surface area contributed by atoms with E-state index in [1.54, 1.807) is 0 Å². The molecule has 0 fully saturated rings. The highest BCUT2D eigenvalue weighted by Crippen LogP contribution is 2.27. The Morgan fingerprint density at radius 3 is 2.41 bits per heavy atom. The van der Waals surface area contributed by atoms with E-state index in [-0.39, 0.29) is 0 Å². The van der Waals surface area contributed by atoms with Gasteiger partial charge in [-0.05, 0) is 34.6 Å². The topological polar surface area (TPSA) is 30.2 Å². The predicted octanol–water partition coefficient (Wildman–Crippen LogP) is 5.78. The molecule has 0 aliphatic rings. The Kier molecular flexibility index (Phi) is 3.72. The van der Waals surface area contributed by atoms with Crippen LogP contribution < -0.4 is 0 Å². The van der Waals surface area contributed by atoms with Gasteiger partial charge in [-0.25, -0.2) is 0 Å². The molecule has 2 heterocycles. The van der Waals surface area contributed by atoms with Crippen molar-refractivity contribution in [1.29, 1.82) is 0 Å². The van der Waals surface area contributed by atoms with Gasteiger partial charge in [-0.3, -0.25) is 4.40 Å². The lowest BCUT2D eigenvalue weighted by Gasteiger charge is -2.06. The Morgan fingerprint density at radius 1 is 0.741 bits per heavy atom. The highest BCUT2D eigenvalue weighted by atomic mass is 15.2. The molecule has 5 aromatic rings. The fraction of sp³-hybridized carbons (Fsp3) is 0.0833. The van der Waals surface area contributed by atoms with Crippen molar-refractivity contribution in [2.45, 2.75) is 13.3 Å². The molecule has 0 unspecified atom stereocenters. The van der Waals surface area contributed by atoms with Crippen LogP contribution in [0.2, 0.25) is 0 Å². The highest BCUT2D eigenvalue weighted by molar-refractivity contribution is 5.94. The van der Waals surface area contributed by atoms with Crippen LogP contribution in [0, 0.1) is 0 Å². The number of aryl methyl sites for hydroxylation is 1. The number of nitrogens with zero attached hydrogens (tertiary/aromatic N) is 3. The predicted molar refractivity (Wildman–Crippen MR) is 111 cm³/mol. The van der Waals surface area contributed by atoms with E-state index in [9.17, 15) is 0 Å². The van der Waals surface area contributed by atoms with Gasteiger partial charge < -0.3 is 0 Å². The molecule has 0 aliphatic carbocycles. The molecule has 3 nitrogen and oxygen atoms in total. The molecule has 3 aromatic carbocycles. The largest absolute Gasteiger partial charge is 0.282 e. The van der Waals surface area contributed by atoms with E-state index in [1.165, 1.54) is 22.1 Å². The normalized spacial score (nSPS) is 11.3. The van der Waals surface area contributed by atoms with E-state index < -0.39 is 0 Å². The van der Waals surface area contributed by atoms with Gasteiger partial charge >= 0.3 is 0 Å². The van der Waals surface area contributed by atoms with Crippen molar-refractivity contribution in [3.8, 4) is 22.5 Å². The lowest BCUT2D eigenvalue weighted by molar-refractivity contribution is 1.11. The summed E-state index contributed by atoms with van der Waals surface area (Å²) in [6.45, 7) is 2.18. The van der Waals surface area contributed by atoms with E-state index in [0.29, 0.717) is 0 Å². The second-order valence-electron chi connectivity index (χ2n) is 6.75. The lowest BCUT2D eigenvalue weighted by atomic mass is 10.0. The molecule has 130 valence electrons. The number of aromatic nitrogens is 3. The zero-order valence-corrected chi connectivity index (χ0v) is 15.1. The molecular formula is C24H19N3. The summed E-state index contributed by atoms with van der Waals surface area (Å²) >= 11 is 0. The quantitative estimate of drug-likeness (QED) is 0.413. The number of rotatable bonds is 3. The van der Waals surface area contributed by atoms with E-state index >= 15 is 0 Å². The van der Waals surface area contributed by atoms with Gasteiger partial charge in [-0.1, -0.05) is 79.7 Å². The first kappa shape index (κ1) is 15.8. The smallest absolute Gasteiger partial charge is 0.168 e. The van der Waals surface area contributed by atoms with Gasteiger partial charge in [0.15, 0.2) is 11.5 Å². The molecule has 0 aliphatic heterocycles. The molecule has 0 atom stereocenters. The molecular weight excluding hydrogens is 330 g/mol. The van der Waals surface area contributed by atoms with E-state index in [1.807, 2.05) is 18.3 Å². The van der Waals surface area contributed by atoms with Gasteiger partial charge in [0.25, 0.3) is 0 Å². The zero-order valence-electron chi connectivity index (χ0n) is 15.1. The zero-order chi connectivity index (χ0) is 18.2. The van der Waals surface area contributed by atoms with Gasteiger partial charge in [0.2, 0.25) is 0 Å². The average molecular weight is 349 g/mol. The Bertz CT molecular complexity index is 1250. The van der Waals surface area contributed by atoms with Crippen LogP contribution in [0.3, 0.4) is 0 Å². The molecule has 2 aromatic heterocycles. The Morgan fingerprint density at radius 2 is 1.56 bits per heavy atom. The summed E-state index contributed by atoms with van der Waals surface area (Å²) in [7, 11) is 0. The highest BCUT2D eigenvalue weighted by Gasteiger charge is 2.10. The fourth-order valence-corrected chi connectivity index (χ4v) is 3.60. The van der Waals surface area contributed by atoms with Gasteiger partial charge in [0.05, 0.1) is 0 Å². The third-order valence-electron chi connectivity index (χ3n) is 5.11. The van der Waals surface area contributed by atoms with Crippen molar-refractivity contribution in [3.63, 3.8) is 0 Å². The first-order valence-electron chi connectivity index (χ1n) is 9.26. The van der Waals surface area contributed by atoms with Crippen LogP contribution in [-0.4, -0.2) is 14.6 Å². The van der Waals surface area contributed by atoms with Crippen LogP contribution in [0.4, 0.5) is 0 Å². The summed E-state index contributed by atoms with van der Waals surface area (Å²) < 4.78 is 2.06. The van der Waals surface area contributed by atoms with Crippen molar-refractivity contribution in [2.24, 2.45) is 0 Å². The maximum Gasteiger partial charge on any atom is 0.168 e. The summed E-state index contributed by atoms with van der Waals surface area (Å²) in [6.07, 6.45) is 3.09. The Hall–Kier alpha value is -3.46. The maximum absolute atomic E-state index is 4.46. The number of pyridine rings is 1. The maximum atomic E-state index is 4.46. The summed E-state index contributed by atoms with van der Waals surface area (Å²) in [5, 5.41) is 11.2. The minimum absolute atomic E-state index is 0.865. The molecule has 0 saturated carbocycles. The molecule has 0 radical (unpaired) electrons. The second-order valence-corrected chi connectivity index (χ2v) is 6.75. The van der Waals surface area contributed by atoms with Crippen molar-refractivity contribution in [2.75, 3.05) is 0 Å². The van der Waals surface area contributed by atoms with E-state index in [2.05, 4.69) is 88.3 Å². The molecule has 0 N–H and O–H groups in total. The molecule has 5 rings (SSSR count). The fourth-order valence-electron chi connectivity index (χ4n) is 3.60. The van der Waals surface area contributed by atoms with E-state index in [4.69, 9.17) is 0 Å². The van der Waals surface area contributed by atoms with Crippen molar-refractivity contribution in [3.05, 3.63) is 90.6 Å². The SMILES string of the molecule is CCc1cccc(-c2ccc(-c3nnc4c5ccccc5ccn34)cc2)c1. The van der Waals surface area contributed by atoms with Crippen LogP contribution in [0.5, 0.6) is 0 Å². The van der Waals surface area contributed by atoms with Crippen LogP contribution in [0.1, 0.15) is 12.5 Å². The van der Waals surface area contributed by atoms with Gasteiger partial charge in [0, 0.05) is 17.1 Å². The summed E-state index contributed by atoms with van der Waals surface area (Å²) in [4.78, 5) is 0. The monoisotopic (exact) mass is 349 g/mol. The summed E-state index contributed by atoms with van der Waals surface area (Å²) in [5.41, 5.74) is 5.77. The molecule has 3 heteroatoms. The molecule has 0 spiro atoms. The molecule has 27 heavy (non-hydrogen) atoms. The summed E-state index contributed by atoms with van der Waals surface area (Å²) in [6, 6.07) is 27.7. The van der Waals surface area contributed by atoms with Gasteiger partial charge in [-0.2, -0.15) is 0 Å². The number of hydrogen-bond donors (Lipinski definition) is 0. The molecule has 0 saturated heterocycles. The van der Waals surface area contributed by atoms with Gasteiger partial charge in [0.1, 0.15) is 0 Å². The third kappa shape index (κ3) is 2.68. The van der Waals surface area contributed by atoms with Crippen LogP contribution in [-0.2, 0) is 6.42 Å². The molecule has 0 amide bonds. The average Bonchev–Trinajstić information content (AvgIpc) is 3.18. The van der Waals surface area contributed by atoms with Crippen LogP contribution >= 0.6 is 0 Å². The van der Waals surface area contributed by atoms with Crippen molar-refractivity contribution >= 4 is 16.4 Å². The van der Waals surface area contributed by atoms with Gasteiger partial charge in [-0.15, -0.1) is 10.2 Å². The third-order valence-corrected chi connectivity index (χ3v) is 5.11. The second kappa shape index (κ2) is 6.36. The minimum atomic E-state index is 0.865. The number of hydrogen-bond acceptors (Lipinski definition) is 2.